The van der Waals surface area contributed by atoms with Gasteiger partial charge in [0.1, 0.15) is 0 Å². The van der Waals surface area contributed by atoms with Gasteiger partial charge >= 0.3 is 0 Å². The Labute approximate surface area is 184 Å². The molecule has 0 aromatic heterocycles. The van der Waals surface area contributed by atoms with E-state index in [9.17, 15) is 0 Å². The predicted molar refractivity (Wildman–Crippen MR) is 121 cm³/mol. The Morgan fingerprint density at radius 3 is 2.33 bits per heavy atom. The number of anilines is 1. The first-order valence-corrected chi connectivity index (χ1v) is 11.1. The molecule has 5 nitrogen and oxygen atoms in total. The molecule has 2 heterocycles. The van der Waals surface area contributed by atoms with E-state index in [0.29, 0.717) is 5.92 Å². The molecule has 0 bridgehead atoms. The molecule has 2 atom stereocenters. The summed E-state index contributed by atoms with van der Waals surface area (Å²) >= 11 is 6.37. The first kappa shape index (κ1) is 21.3. The van der Waals surface area contributed by atoms with Crippen LogP contribution < -0.4 is 14.4 Å². The molecule has 6 heteroatoms. The van der Waals surface area contributed by atoms with E-state index in [0.717, 1.165) is 68.0 Å². The molecule has 0 saturated carbocycles. The Hall–Kier alpha value is -1.95. The monoisotopic (exact) mass is 430 g/mol. The van der Waals surface area contributed by atoms with E-state index in [4.69, 9.17) is 25.8 Å². The molecule has 1 saturated heterocycles. The summed E-state index contributed by atoms with van der Waals surface area (Å²) in [5, 5.41) is 0.830. The minimum Gasteiger partial charge on any atom is -0.493 e. The van der Waals surface area contributed by atoms with Gasteiger partial charge in [0.15, 0.2) is 11.5 Å². The number of para-hydroxylation sites is 1. The lowest BCUT2D eigenvalue weighted by atomic mass is 9.88. The van der Waals surface area contributed by atoms with E-state index in [-0.39, 0.29) is 6.10 Å². The molecule has 2 aliphatic heterocycles. The van der Waals surface area contributed by atoms with Crippen molar-refractivity contribution in [2.75, 3.05) is 58.5 Å². The number of fused-ring (bicyclic) bond motifs is 1. The number of halogens is 1. The summed E-state index contributed by atoms with van der Waals surface area (Å²) in [5.74, 6) is 1.92. The van der Waals surface area contributed by atoms with Gasteiger partial charge in [0, 0.05) is 38.6 Å². The van der Waals surface area contributed by atoms with E-state index in [1.807, 2.05) is 12.1 Å². The maximum atomic E-state index is 6.37. The highest BCUT2D eigenvalue weighted by atomic mass is 35.5. The van der Waals surface area contributed by atoms with Gasteiger partial charge in [0.05, 0.1) is 37.6 Å². The summed E-state index contributed by atoms with van der Waals surface area (Å²) in [7, 11) is 3.37. The minimum atomic E-state index is 0.0950. The van der Waals surface area contributed by atoms with Crippen LogP contribution in [0.25, 0.3) is 0 Å². The number of hydrogen-bond donors (Lipinski definition) is 0. The smallest absolute Gasteiger partial charge is 0.161 e. The molecule has 2 aliphatic rings. The van der Waals surface area contributed by atoms with E-state index >= 15 is 0 Å². The van der Waals surface area contributed by atoms with E-state index in [1.165, 1.54) is 11.1 Å². The molecule has 0 N–H and O–H groups in total. The normalized spacial score (nSPS) is 21.9. The molecule has 1 fully saturated rings. The molecule has 2 aromatic carbocycles. The summed E-state index contributed by atoms with van der Waals surface area (Å²) in [4.78, 5) is 4.90. The van der Waals surface area contributed by atoms with Crippen LogP contribution in [0.1, 0.15) is 36.5 Å². The number of methoxy groups -OCH3 is 2. The summed E-state index contributed by atoms with van der Waals surface area (Å²) in [5.41, 5.74) is 3.69. The van der Waals surface area contributed by atoms with Crippen LogP contribution in [-0.4, -0.2) is 58.5 Å². The van der Waals surface area contributed by atoms with Crippen molar-refractivity contribution in [2.24, 2.45) is 0 Å². The second-order valence-corrected chi connectivity index (χ2v) is 8.54. The maximum absolute atomic E-state index is 6.37. The standard InChI is InChI=1S/C24H31ClN2O3/c1-17-16-30-22(19-15-24(29-3)23(28-2)14-18(17)19)8-9-26-10-12-27(13-11-26)21-7-5-4-6-20(21)25/h4-7,14-15,17,22H,8-13,16H2,1-3H3. The van der Waals surface area contributed by atoms with Crippen molar-refractivity contribution in [3.8, 4) is 11.5 Å². The highest BCUT2D eigenvalue weighted by Crippen LogP contribution is 2.42. The van der Waals surface area contributed by atoms with Gasteiger partial charge in [0.2, 0.25) is 0 Å². The highest BCUT2D eigenvalue weighted by Gasteiger charge is 2.28. The molecular weight excluding hydrogens is 400 g/mol. The zero-order valence-corrected chi connectivity index (χ0v) is 18.8. The molecule has 162 valence electrons. The first-order chi connectivity index (χ1) is 14.6. The van der Waals surface area contributed by atoms with Crippen LogP contribution in [0.4, 0.5) is 5.69 Å². The van der Waals surface area contributed by atoms with Crippen LogP contribution in [0.3, 0.4) is 0 Å². The van der Waals surface area contributed by atoms with Crippen LogP contribution in [0.15, 0.2) is 36.4 Å². The first-order valence-electron chi connectivity index (χ1n) is 10.7. The number of benzene rings is 2. The molecule has 2 aromatic rings. The molecular formula is C24H31ClN2O3. The van der Waals surface area contributed by atoms with Crippen LogP contribution in [0.2, 0.25) is 5.02 Å². The van der Waals surface area contributed by atoms with Crippen LogP contribution in [0.5, 0.6) is 11.5 Å². The van der Waals surface area contributed by atoms with Crippen molar-refractivity contribution in [1.82, 2.24) is 4.90 Å². The lowest BCUT2D eigenvalue weighted by Crippen LogP contribution is -2.47. The fourth-order valence-electron chi connectivity index (χ4n) is 4.52. The Balaban J connectivity index is 1.38. The van der Waals surface area contributed by atoms with Crippen molar-refractivity contribution in [3.05, 3.63) is 52.5 Å². The number of piperazine rings is 1. The lowest BCUT2D eigenvalue weighted by Gasteiger charge is -2.38. The third-order valence-corrected chi connectivity index (χ3v) is 6.61. The SMILES string of the molecule is COc1cc2c(cc1OC)C(CCN1CCN(c3ccccc3Cl)CC1)OCC2C. The molecule has 2 unspecified atom stereocenters. The van der Waals surface area contributed by atoms with Gasteiger partial charge in [-0.25, -0.2) is 0 Å². The number of rotatable bonds is 6. The molecule has 4 rings (SSSR count). The van der Waals surface area contributed by atoms with Crippen molar-refractivity contribution < 1.29 is 14.2 Å². The topological polar surface area (TPSA) is 34.2 Å². The Morgan fingerprint density at radius 2 is 1.67 bits per heavy atom. The van der Waals surface area contributed by atoms with Gasteiger partial charge in [-0.1, -0.05) is 30.7 Å². The molecule has 0 aliphatic carbocycles. The lowest BCUT2D eigenvalue weighted by molar-refractivity contribution is 0.0180. The van der Waals surface area contributed by atoms with Gasteiger partial charge in [-0.15, -0.1) is 0 Å². The average Bonchev–Trinajstić information content (AvgIpc) is 2.78. The van der Waals surface area contributed by atoms with E-state index < -0.39 is 0 Å². The second-order valence-electron chi connectivity index (χ2n) is 8.13. The zero-order chi connectivity index (χ0) is 21.1. The molecule has 0 spiro atoms. The Kier molecular flexibility index (Phi) is 6.71. The maximum Gasteiger partial charge on any atom is 0.161 e. The third kappa shape index (κ3) is 4.39. The number of nitrogens with zero attached hydrogens (tertiary/aromatic N) is 2. The summed E-state index contributed by atoms with van der Waals surface area (Å²) in [6, 6.07) is 12.3. The summed E-state index contributed by atoms with van der Waals surface area (Å²) < 4.78 is 17.3. The van der Waals surface area contributed by atoms with Crippen molar-refractivity contribution in [3.63, 3.8) is 0 Å². The van der Waals surface area contributed by atoms with Gasteiger partial charge < -0.3 is 19.1 Å². The van der Waals surface area contributed by atoms with Gasteiger partial charge in [0.25, 0.3) is 0 Å². The van der Waals surface area contributed by atoms with E-state index in [2.05, 4.69) is 41.0 Å². The predicted octanol–water partition coefficient (Wildman–Crippen LogP) is 4.74. The van der Waals surface area contributed by atoms with Crippen molar-refractivity contribution in [2.45, 2.75) is 25.4 Å². The van der Waals surface area contributed by atoms with E-state index in [1.54, 1.807) is 14.2 Å². The quantitative estimate of drug-likeness (QED) is 0.661. The fraction of sp³-hybridized carbons (Fsp3) is 0.500. The molecule has 30 heavy (non-hydrogen) atoms. The van der Waals surface area contributed by atoms with Gasteiger partial charge in [-0.3, -0.25) is 4.90 Å². The summed E-state index contributed by atoms with van der Waals surface area (Å²) in [6.07, 6.45) is 1.07. The van der Waals surface area contributed by atoms with Crippen molar-refractivity contribution >= 4 is 17.3 Å². The Bertz CT molecular complexity index is 868. The summed E-state index contributed by atoms with van der Waals surface area (Å²) in [6.45, 7) is 8.02. The molecule has 0 radical (unpaired) electrons. The van der Waals surface area contributed by atoms with Crippen molar-refractivity contribution in [1.29, 1.82) is 0 Å². The number of hydrogen-bond acceptors (Lipinski definition) is 5. The van der Waals surface area contributed by atoms with Gasteiger partial charge in [-0.05, 0) is 41.8 Å². The fourth-order valence-corrected chi connectivity index (χ4v) is 4.77. The third-order valence-electron chi connectivity index (χ3n) is 6.29. The minimum absolute atomic E-state index is 0.0950. The number of ether oxygens (including phenoxy) is 3. The van der Waals surface area contributed by atoms with Crippen LogP contribution in [-0.2, 0) is 4.74 Å². The van der Waals surface area contributed by atoms with Gasteiger partial charge in [-0.2, -0.15) is 0 Å². The highest BCUT2D eigenvalue weighted by molar-refractivity contribution is 6.33. The average molecular weight is 431 g/mol. The van der Waals surface area contributed by atoms with Crippen LogP contribution >= 0.6 is 11.6 Å². The molecule has 0 amide bonds. The van der Waals surface area contributed by atoms with Crippen LogP contribution in [0, 0.1) is 0 Å². The zero-order valence-electron chi connectivity index (χ0n) is 18.1. The Morgan fingerprint density at radius 1 is 1.00 bits per heavy atom. The second kappa shape index (κ2) is 9.46. The largest absolute Gasteiger partial charge is 0.493 e.